The monoisotopic (exact) mass is 142 g/mol. The average Bonchev–Trinajstić information content (AvgIpc) is 1.97. The molecule has 0 atom stereocenters. The molecule has 0 bridgehead atoms. The Hall–Kier alpha value is -0.460. The molecule has 0 aromatic carbocycles. The second-order valence-corrected chi connectivity index (χ2v) is 2.36. The maximum absolute atomic E-state index is 5.20. The van der Waals surface area contributed by atoms with Crippen molar-refractivity contribution in [3.05, 3.63) is 12.3 Å². The molecule has 0 spiro atoms. The van der Waals surface area contributed by atoms with Crippen LogP contribution in [0.5, 0.6) is 0 Å². The molecule has 10 heavy (non-hydrogen) atoms. The highest BCUT2D eigenvalue weighted by Crippen LogP contribution is 1.94. The molecule has 0 aromatic rings. The van der Waals surface area contributed by atoms with Crippen LogP contribution in [0.25, 0.3) is 0 Å². The minimum atomic E-state index is 0.879. The van der Waals surface area contributed by atoms with E-state index in [4.69, 9.17) is 4.74 Å². The van der Waals surface area contributed by atoms with Crippen molar-refractivity contribution < 1.29 is 4.74 Å². The number of unbranched alkanes of at least 4 members (excludes halogenated alkanes) is 2. The lowest BCUT2D eigenvalue weighted by Crippen LogP contribution is -1.85. The van der Waals surface area contributed by atoms with E-state index in [0.717, 1.165) is 13.0 Å². The quantitative estimate of drug-likeness (QED) is 0.409. The number of allylic oxidation sites excluding steroid dienone is 1. The van der Waals surface area contributed by atoms with Gasteiger partial charge in [-0.1, -0.05) is 32.8 Å². The average molecular weight is 142 g/mol. The largest absolute Gasteiger partial charge is 0.502 e. The molecule has 0 fully saturated rings. The molecule has 0 unspecified atom stereocenters. The molecule has 0 rings (SSSR count). The number of ether oxygens (including phenoxy) is 1. The first-order valence-corrected chi connectivity index (χ1v) is 4.18. The van der Waals surface area contributed by atoms with Crippen molar-refractivity contribution in [2.45, 2.75) is 39.5 Å². The molecule has 0 saturated heterocycles. The highest BCUT2D eigenvalue weighted by molar-refractivity contribution is 4.70. The Morgan fingerprint density at radius 3 is 2.60 bits per heavy atom. The summed E-state index contributed by atoms with van der Waals surface area (Å²) >= 11 is 0. The molecule has 0 aromatic heterocycles. The van der Waals surface area contributed by atoms with E-state index in [-0.39, 0.29) is 0 Å². The molecular formula is C9H18O. The second kappa shape index (κ2) is 8.54. The summed E-state index contributed by atoms with van der Waals surface area (Å²) in [6, 6.07) is 0. The molecule has 0 saturated carbocycles. The summed E-state index contributed by atoms with van der Waals surface area (Å²) in [5.41, 5.74) is 0. The van der Waals surface area contributed by atoms with Crippen LogP contribution < -0.4 is 0 Å². The van der Waals surface area contributed by atoms with Crippen LogP contribution in [0.15, 0.2) is 12.3 Å². The maximum Gasteiger partial charge on any atom is 0.0873 e. The van der Waals surface area contributed by atoms with Gasteiger partial charge in [0.05, 0.1) is 12.9 Å². The lowest BCUT2D eigenvalue weighted by atomic mass is 10.3. The van der Waals surface area contributed by atoms with Crippen LogP contribution in [0.2, 0.25) is 0 Å². The highest BCUT2D eigenvalue weighted by atomic mass is 16.5. The van der Waals surface area contributed by atoms with E-state index >= 15 is 0 Å². The van der Waals surface area contributed by atoms with Crippen molar-refractivity contribution in [1.82, 2.24) is 0 Å². The summed E-state index contributed by atoms with van der Waals surface area (Å²) in [6.45, 7) is 5.18. The first-order chi connectivity index (χ1) is 4.91. The predicted octanol–water partition coefficient (Wildman–Crippen LogP) is 3.12. The van der Waals surface area contributed by atoms with Gasteiger partial charge in [0.1, 0.15) is 0 Å². The zero-order chi connectivity index (χ0) is 7.66. The van der Waals surface area contributed by atoms with Crippen LogP contribution in [0.4, 0.5) is 0 Å². The summed E-state index contributed by atoms with van der Waals surface area (Å²) in [4.78, 5) is 0. The molecular weight excluding hydrogens is 124 g/mol. The molecule has 0 aliphatic rings. The van der Waals surface area contributed by atoms with Gasteiger partial charge >= 0.3 is 0 Å². The van der Waals surface area contributed by atoms with Gasteiger partial charge in [-0.2, -0.15) is 0 Å². The lowest BCUT2D eigenvalue weighted by Gasteiger charge is -1.97. The van der Waals surface area contributed by atoms with E-state index in [1.807, 2.05) is 6.08 Å². The Morgan fingerprint density at radius 2 is 2.00 bits per heavy atom. The topological polar surface area (TPSA) is 9.23 Å². The first kappa shape index (κ1) is 9.54. The SMILES string of the molecule is CC/C=C\OCCCCC. The summed E-state index contributed by atoms with van der Waals surface area (Å²) in [5.74, 6) is 0. The number of rotatable bonds is 6. The van der Waals surface area contributed by atoms with Crippen molar-refractivity contribution in [3.63, 3.8) is 0 Å². The molecule has 1 nitrogen and oxygen atoms in total. The van der Waals surface area contributed by atoms with E-state index in [2.05, 4.69) is 13.8 Å². The molecule has 60 valence electrons. The predicted molar refractivity (Wildman–Crippen MR) is 44.9 cm³/mol. The van der Waals surface area contributed by atoms with Crippen molar-refractivity contribution in [1.29, 1.82) is 0 Å². The smallest absolute Gasteiger partial charge is 0.0873 e. The third-order valence-electron chi connectivity index (χ3n) is 1.29. The van der Waals surface area contributed by atoms with Crippen molar-refractivity contribution in [2.75, 3.05) is 6.61 Å². The van der Waals surface area contributed by atoms with E-state index in [9.17, 15) is 0 Å². The van der Waals surface area contributed by atoms with Gasteiger partial charge in [0.25, 0.3) is 0 Å². The Morgan fingerprint density at radius 1 is 1.20 bits per heavy atom. The Bertz CT molecular complexity index is 76.8. The standard InChI is InChI=1S/C9H18O/c1-3-5-7-9-10-8-6-4-2/h6,8H,3-5,7,9H2,1-2H3/b8-6-. The minimum Gasteiger partial charge on any atom is -0.502 e. The fourth-order valence-corrected chi connectivity index (χ4v) is 0.668. The van der Waals surface area contributed by atoms with Gasteiger partial charge < -0.3 is 4.74 Å². The molecule has 0 aliphatic heterocycles. The van der Waals surface area contributed by atoms with Crippen LogP contribution >= 0.6 is 0 Å². The van der Waals surface area contributed by atoms with Gasteiger partial charge in [-0.3, -0.25) is 0 Å². The highest BCUT2D eigenvalue weighted by Gasteiger charge is 1.82. The zero-order valence-corrected chi connectivity index (χ0v) is 7.10. The summed E-state index contributed by atoms with van der Waals surface area (Å²) in [6.07, 6.45) is 8.63. The van der Waals surface area contributed by atoms with Gasteiger partial charge in [0.15, 0.2) is 0 Å². The molecule has 0 amide bonds. The first-order valence-electron chi connectivity index (χ1n) is 4.18. The van der Waals surface area contributed by atoms with Gasteiger partial charge in [0, 0.05) is 0 Å². The van der Waals surface area contributed by atoms with Gasteiger partial charge in [0.2, 0.25) is 0 Å². The van der Waals surface area contributed by atoms with Crippen LogP contribution in [-0.2, 0) is 4.74 Å². The lowest BCUT2D eigenvalue weighted by molar-refractivity contribution is 0.240. The van der Waals surface area contributed by atoms with Gasteiger partial charge in [-0.05, 0) is 12.8 Å². The molecule has 0 aliphatic carbocycles. The van der Waals surface area contributed by atoms with E-state index < -0.39 is 0 Å². The third kappa shape index (κ3) is 7.54. The number of hydrogen-bond acceptors (Lipinski definition) is 1. The van der Waals surface area contributed by atoms with Gasteiger partial charge in [-0.15, -0.1) is 0 Å². The van der Waals surface area contributed by atoms with E-state index in [0.29, 0.717) is 0 Å². The van der Waals surface area contributed by atoms with Crippen LogP contribution in [0.3, 0.4) is 0 Å². The van der Waals surface area contributed by atoms with Crippen molar-refractivity contribution in [3.8, 4) is 0 Å². The third-order valence-corrected chi connectivity index (χ3v) is 1.29. The van der Waals surface area contributed by atoms with Crippen LogP contribution in [0.1, 0.15) is 39.5 Å². The van der Waals surface area contributed by atoms with Crippen LogP contribution in [0, 0.1) is 0 Å². The van der Waals surface area contributed by atoms with Crippen LogP contribution in [-0.4, -0.2) is 6.61 Å². The summed E-state index contributed by atoms with van der Waals surface area (Å²) in [7, 11) is 0. The van der Waals surface area contributed by atoms with Crippen molar-refractivity contribution in [2.24, 2.45) is 0 Å². The van der Waals surface area contributed by atoms with E-state index in [1.165, 1.54) is 19.3 Å². The normalized spacial score (nSPS) is 10.6. The maximum atomic E-state index is 5.20. The Kier molecular flexibility index (Phi) is 8.15. The molecule has 0 N–H and O–H groups in total. The Labute approximate surface area is 64.1 Å². The fraction of sp³-hybridized carbons (Fsp3) is 0.778. The van der Waals surface area contributed by atoms with Crippen molar-refractivity contribution >= 4 is 0 Å². The molecule has 0 heterocycles. The van der Waals surface area contributed by atoms with E-state index in [1.54, 1.807) is 6.26 Å². The Balaban J connectivity index is 2.83. The minimum absolute atomic E-state index is 0.879. The number of hydrogen-bond donors (Lipinski definition) is 0. The zero-order valence-electron chi connectivity index (χ0n) is 7.10. The molecule has 0 radical (unpaired) electrons. The molecule has 1 heteroatoms. The summed E-state index contributed by atoms with van der Waals surface area (Å²) < 4.78 is 5.20. The summed E-state index contributed by atoms with van der Waals surface area (Å²) in [5, 5.41) is 0. The fourth-order valence-electron chi connectivity index (χ4n) is 0.668. The second-order valence-electron chi connectivity index (χ2n) is 2.36. The van der Waals surface area contributed by atoms with Gasteiger partial charge in [-0.25, -0.2) is 0 Å².